The van der Waals surface area contributed by atoms with E-state index < -0.39 is 5.91 Å². The van der Waals surface area contributed by atoms with Crippen LogP contribution in [-0.2, 0) is 4.74 Å². The topological polar surface area (TPSA) is 97.9 Å². The highest BCUT2D eigenvalue weighted by Crippen LogP contribution is 2.17. The number of hydrogen-bond acceptors (Lipinski definition) is 6. The van der Waals surface area contributed by atoms with Gasteiger partial charge in [0.25, 0.3) is 11.8 Å². The third-order valence-corrected chi connectivity index (χ3v) is 5.83. The van der Waals surface area contributed by atoms with Gasteiger partial charge < -0.3 is 24.8 Å². The van der Waals surface area contributed by atoms with Crippen molar-refractivity contribution in [2.45, 2.75) is 18.9 Å². The maximum Gasteiger partial charge on any atom is 0.257 e. The predicted molar refractivity (Wildman–Crippen MR) is 145 cm³/mol. The Morgan fingerprint density at radius 1 is 0.892 bits per heavy atom. The second-order valence-electron chi connectivity index (χ2n) is 8.34. The number of ether oxygens (including phenoxy) is 3. The zero-order chi connectivity index (χ0) is 25.9. The smallest absolute Gasteiger partial charge is 0.257 e. The van der Waals surface area contributed by atoms with Crippen molar-refractivity contribution in [3.05, 3.63) is 90.0 Å². The van der Waals surface area contributed by atoms with Gasteiger partial charge in [-0.1, -0.05) is 36.4 Å². The third-order valence-electron chi connectivity index (χ3n) is 5.62. The van der Waals surface area contributed by atoms with Gasteiger partial charge in [-0.15, -0.1) is 0 Å². The molecule has 37 heavy (non-hydrogen) atoms. The van der Waals surface area contributed by atoms with Crippen LogP contribution in [0.15, 0.2) is 78.9 Å². The molecule has 0 aromatic heterocycles. The number of amides is 2. The van der Waals surface area contributed by atoms with Gasteiger partial charge in [0, 0.05) is 18.7 Å². The Morgan fingerprint density at radius 3 is 2.41 bits per heavy atom. The Balaban J connectivity index is 1.27. The zero-order valence-corrected chi connectivity index (χ0v) is 21.1. The Labute approximate surface area is 221 Å². The standard InChI is InChI=1S/C28H29N3O5S/c32-26(20-8-6-11-22(18-20)36-17-16-35-21-9-2-1-3-10-21)31-28(37)30-25-14-5-4-13-24(25)27(33)29-19-23-12-7-15-34-23/h1-6,8-11,13-14,18,23H,7,12,15-17,19H2,(H,29,33)(H2,30,31,32,37). The summed E-state index contributed by atoms with van der Waals surface area (Å²) in [4.78, 5) is 25.5. The van der Waals surface area contributed by atoms with Crippen molar-refractivity contribution in [2.75, 3.05) is 31.7 Å². The third kappa shape index (κ3) is 8.03. The van der Waals surface area contributed by atoms with Crippen LogP contribution in [-0.4, -0.2) is 49.4 Å². The first-order valence-electron chi connectivity index (χ1n) is 12.1. The minimum absolute atomic E-state index is 0.0422. The van der Waals surface area contributed by atoms with Crippen molar-refractivity contribution in [3.63, 3.8) is 0 Å². The lowest BCUT2D eigenvalue weighted by molar-refractivity contribution is 0.0858. The maximum absolute atomic E-state index is 12.8. The molecule has 0 spiro atoms. The second-order valence-corrected chi connectivity index (χ2v) is 8.74. The number of benzene rings is 3. The van der Waals surface area contributed by atoms with Crippen molar-refractivity contribution in [2.24, 2.45) is 0 Å². The first-order chi connectivity index (χ1) is 18.1. The van der Waals surface area contributed by atoms with E-state index in [2.05, 4.69) is 16.0 Å². The highest BCUT2D eigenvalue weighted by molar-refractivity contribution is 7.80. The van der Waals surface area contributed by atoms with Gasteiger partial charge in [-0.25, -0.2) is 0 Å². The summed E-state index contributed by atoms with van der Waals surface area (Å²) in [6.07, 6.45) is 1.98. The van der Waals surface area contributed by atoms with Crippen LogP contribution in [0.3, 0.4) is 0 Å². The van der Waals surface area contributed by atoms with Crippen LogP contribution < -0.4 is 25.4 Å². The highest BCUT2D eigenvalue weighted by atomic mass is 32.1. The molecule has 3 aromatic carbocycles. The van der Waals surface area contributed by atoms with Gasteiger partial charge in [-0.3, -0.25) is 14.9 Å². The summed E-state index contributed by atoms with van der Waals surface area (Å²) >= 11 is 5.33. The van der Waals surface area contributed by atoms with E-state index in [1.807, 2.05) is 30.3 Å². The maximum atomic E-state index is 12.8. The molecule has 1 heterocycles. The highest BCUT2D eigenvalue weighted by Gasteiger charge is 2.18. The van der Waals surface area contributed by atoms with Crippen molar-refractivity contribution in [1.82, 2.24) is 10.6 Å². The quantitative estimate of drug-likeness (QED) is 0.273. The van der Waals surface area contributed by atoms with E-state index >= 15 is 0 Å². The van der Waals surface area contributed by atoms with Crippen LogP contribution in [0.25, 0.3) is 0 Å². The average molecular weight is 520 g/mol. The fourth-order valence-electron chi connectivity index (χ4n) is 3.79. The number of nitrogens with one attached hydrogen (secondary N) is 3. The minimum Gasteiger partial charge on any atom is -0.490 e. The largest absolute Gasteiger partial charge is 0.490 e. The van der Waals surface area contributed by atoms with Crippen LogP contribution in [0.2, 0.25) is 0 Å². The van der Waals surface area contributed by atoms with Gasteiger partial charge >= 0.3 is 0 Å². The fraction of sp³-hybridized carbons (Fsp3) is 0.250. The number of thiocarbonyl (C=S) groups is 1. The molecular formula is C28H29N3O5S. The van der Waals surface area contributed by atoms with Crippen LogP contribution in [0, 0.1) is 0 Å². The fourth-order valence-corrected chi connectivity index (χ4v) is 3.99. The lowest BCUT2D eigenvalue weighted by Gasteiger charge is -2.15. The molecule has 0 aliphatic carbocycles. The first-order valence-corrected chi connectivity index (χ1v) is 12.5. The molecule has 0 radical (unpaired) electrons. The van der Waals surface area contributed by atoms with Crippen molar-refractivity contribution < 1.29 is 23.8 Å². The number of anilines is 1. The second kappa shape index (κ2) is 13.4. The molecule has 3 aromatic rings. The van der Waals surface area contributed by atoms with Crippen LogP contribution in [0.4, 0.5) is 5.69 Å². The van der Waals surface area contributed by atoms with E-state index in [1.165, 1.54) is 0 Å². The molecule has 1 aliphatic rings. The Bertz CT molecular complexity index is 1220. The molecule has 0 saturated carbocycles. The monoisotopic (exact) mass is 519 g/mol. The van der Waals surface area contributed by atoms with Crippen LogP contribution >= 0.6 is 12.2 Å². The number of hydrogen-bond donors (Lipinski definition) is 3. The number of para-hydroxylation sites is 2. The van der Waals surface area contributed by atoms with Crippen molar-refractivity contribution >= 4 is 34.8 Å². The summed E-state index contributed by atoms with van der Waals surface area (Å²) in [5.74, 6) is 0.663. The summed E-state index contributed by atoms with van der Waals surface area (Å²) in [5, 5.41) is 8.58. The summed E-state index contributed by atoms with van der Waals surface area (Å²) in [6, 6.07) is 23.2. The summed E-state index contributed by atoms with van der Waals surface area (Å²) < 4.78 is 16.9. The summed E-state index contributed by atoms with van der Waals surface area (Å²) in [6.45, 7) is 1.87. The van der Waals surface area contributed by atoms with Gasteiger partial charge in [0.05, 0.1) is 17.4 Å². The molecular weight excluding hydrogens is 490 g/mol. The molecule has 9 heteroatoms. The van der Waals surface area contributed by atoms with Crippen LogP contribution in [0.1, 0.15) is 33.6 Å². The molecule has 2 amide bonds. The molecule has 1 aliphatic heterocycles. The molecule has 0 bridgehead atoms. The minimum atomic E-state index is -0.399. The summed E-state index contributed by atoms with van der Waals surface area (Å²) in [5.41, 5.74) is 1.30. The van der Waals surface area contributed by atoms with Gasteiger partial charge in [0.1, 0.15) is 24.7 Å². The normalized spacial score (nSPS) is 14.4. The van der Waals surface area contributed by atoms with E-state index in [1.54, 1.807) is 48.5 Å². The average Bonchev–Trinajstić information content (AvgIpc) is 3.45. The van der Waals surface area contributed by atoms with E-state index in [9.17, 15) is 9.59 Å². The molecule has 4 rings (SSSR count). The summed E-state index contributed by atoms with van der Waals surface area (Å²) in [7, 11) is 0. The molecule has 1 saturated heterocycles. The Kier molecular flexibility index (Phi) is 9.45. The molecule has 3 N–H and O–H groups in total. The van der Waals surface area contributed by atoms with E-state index in [0.29, 0.717) is 42.3 Å². The van der Waals surface area contributed by atoms with Gasteiger partial charge in [0.2, 0.25) is 0 Å². The van der Waals surface area contributed by atoms with E-state index in [4.69, 9.17) is 26.4 Å². The molecule has 192 valence electrons. The number of carbonyl (C=O) groups is 2. The van der Waals surface area contributed by atoms with Crippen molar-refractivity contribution in [3.8, 4) is 11.5 Å². The van der Waals surface area contributed by atoms with E-state index in [0.717, 1.165) is 25.2 Å². The molecule has 8 nitrogen and oxygen atoms in total. The lowest BCUT2D eigenvalue weighted by Crippen LogP contribution is -2.35. The molecule has 1 fully saturated rings. The van der Waals surface area contributed by atoms with Gasteiger partial charge in [0.15, 0.2) is 5.11 Å². The molecule has 1 atom stereocenters. The number of rotatable bonds is 10. The van der Waals surface area contributed by atoms with Gasteiger partial charge in [-0.05, 0) is 67.5 Å². The van der Waals surface area contributed by atoms with Crippen molar-refractivity contribution in [1.29, 1.82) is 0 Å². The Hall–Kier alpha value is -3.95. The zero-order valence-electron chi connectivity index (χ0n) is 20.3. The van der Waals surface area contributed by atoms with Crippen LogP contribution in [0.5, 0.6) is 11.5 Å². The number of carbonyl (C=O) groups excluding carboxylic acids is 2. The first kappa shape index (κ1) is 26.1. The molecule has 1 unspecified atom stereocenters. The van der Waals surface area contributed by atoms with Gasteiger partial charge in [-0.2, -0.15) is 0 Å². The predicted octanol–water partition coefficient (Wildman–Crippen LogP) is 4.18. The Morgan fingerprint density at radius 2 is 1.62 bits per heavy atom. The van der Waals surface area contributed by atoms with E-state index in [-0.39, 0.29) is 17.1 Å². The lowest BCUT2D eigenvalue weighted by atomic mass is 10.1. The SMILES string of the molecule is O=C(NC(=S)Nc1ccccc1C(=O)NCC1CCCO1)c1cccc(OCCOc2ccccc2)c1.